The molecule has 0 saturated heterocycles. The summed E-state index contributed by atoms with van der Waals surface area (Å²) in [5.41, 5.74) is 9.75. The van der Waals surface area contributed by atoms with Crippen molar-refractivity contribution in [3.8, 4) is 0 Å². The van der Waals surface area contributed by atoms with Crippen LogP contribution < -0.4 is 5.73 Å². The summed E-state index contributed by atoms with van der Waals surface area (Å²) in [7, 11) is 1.66. The van der Waals surface area contributed by atoms with E-state index in [0.717, 1.165) is 41.1 Å². The van der Waals surface area contributed by atoms with Gasteiger partial charge in [-0.2, -0.15) is 0 Å². The summed E-state index contributed by atoms with van der Waals surface area (Å²) in [6, 6.07) is 0. The number of rotatable bonds is 6. The number of aromatic nitrogens is 3. The number of anilines is 1. The van der Waals surface area contributed by atoms with E-state index in [1.807, 2.05) is 20.8 Å². The molecule has 0 saturated carbocycles. The van der Waals surface area contributed by atoms with Crippen LogP contribution in [0.25, 0.3) is 11.0 Å². The van der Waals surface area contributed by atoms with Crippen LogP contribution in [0.2, 0.25) is 0 Å². The highest BCUT2D eigenvalue weighted by Crippen LogP contribution is 2.29. The third-order valence-electron chi connectivity index (χ3n) is 3.96. The number of nitrogens with two attached hydrogens (primary N) is 1. The Balaban J connectivity index is 2.57. The Morgan fingerprint density at radius 3 is 2.64 bits per heavy atom. The first-order valence-electron chi connectivity index (χ1n) is 7.32. The van der Waals surface area contributed by atoms with Gasteiger partial charge in [0.2, 0.25) is 0 Å². The molecule has 6 nitrogen and oxygen atoms in total. The monoisotopic (exact) mass is 324 g/mol. The summed E-state index contributed by atoms with van der Waals surface area (Å²) in [6.45, 7) is 6.68. The lowest BCUT2D eigenvalue weighted by molar-refractivity contribution is 0.109. The summed E-state index contributed by atoms with van der Waals surface area (Å²) in [5, 5.41) is 0. The van der Waals surface area contributed by atoms with E-state index in [1.54, 1.807) is 13.4 Å². The third kappa shape index (κ3) is 3.21. The summed E-state index contributed by atoms with van der Waals surface area (Å²) in [6.07, 6.45) is 2.40. The maximum atomic E-state index is 11.3. The van der Waals surface area contributed by atoms with Crippen molar-refractivity contribution in [3.05, 3.63) is 17.1 Å². The number of hydrogen-bond acceptors (Lipinski definition) is 5. The van der Waals surface area contributed by atoms with E-state index in [0.29, 0.717) is 11.6 Å². The molecule has 0 aliphatic carbocycles. The van der Waals surface area contributed by atoms with E-state index in [1.165, 1.54) is 0 Å². The molecule has 2 aromatic rings. The van der Waals surface area contributed by atoms with Crippen LogP contribution in [-0.2, 0) is 22.5 Å². The van der Waals surface area contributed by atoms with Gasteiger partial charge in [0, 0.05) is 25.8 Å². The Kier molecular flexibility index (Phi) is 5.31. The van der Waals surface area contributed by atoms with E-state index >= 15 is 0 Å². The van der Waals surface area contributed by atoms with Gasteiger partial charge in [-0.1, -0.05) is 11.2 Å². The Morgan fingerprint density at radius 1 is 1.36 bits per heavy atom. The lowest BCUT2D eigenvalue weighted by atomic mass is 10.2. The second kappa shape index (κ2) is 6.85. The average molecular weight is 324 g/mol. The highest BCUT2D eigenvalue weighted by Gasteiger charge is 2.21. The largest absolute Gasteiger partial charge is 0.617 e. The Hall–Kier alpha value is -1.31. The normalized spacial score (nSPS) is 14.5. The van der Waals surface area contributed by atoms with E-state index < -0.39 is 11.2 Å². The smallest absolute Gasteiger partial charge is 0.151 e. The summed E-state index contributed by atoms with van der Waals surface area (Å²) in [5.74, 6) is 1.95. The van der Waals surface area contributed by atoms with Gasteiger partial charge in [0.25, 0.3) is 0 Å². The number of nitrogens with zero attached hydrogens (tertiary/aromatic N) is 3. The van der Waals surface area contributed by atoms with Crippen molar-refractivity contribution < 1.29 is 9.29 Å². The van der Waals surface area contributed by atoms with E-state index in [9.17, 15) is 4.55 Å². The lowest BCUT2D eigenvalue weighted by Crippen LogP contribution is -2.12. The fourth-order valence-electron chi connectivity index (χ4n) is 2.59. The van der Waals surface area contributed by atoms with Crippen LogP contribution in [-0.4, -0.2) is 38.2 Å². The number of ether oxygens (including phenoxy) is 1. The number of fused-ring (bicyclic) bond motifs is 1. The molecule has 0 spiro atoms. The highest BCUT2D eigenvalue weighted by molar-refractivity contribution is 7.90. The Labute approximate surface area is 134 Å². The topological polar surface area (TPSA) is 89.0 Å². The molecule has 2 atom stereocenters. The predicted octanol–water partition coefficient (Wildman–Crippen LogP) is 2.11. The maximum absolute atomic E-state index is 11.3. The van der Waals surface area contributed by atoms with Crippen LogP contribution in [0.15, 0.2) is 0 Å². The molecule has 2 N–H and O–H groups in total. The zero-order valence-corrected chi connectivity index (χ0v) is 14.7. The molecule has 0 aromatic carbocycles. The first-order chi connectivity index (χ1) is 10.4. The average Bonchev–Trinajstić information content (AvgIpc) is 2.84. The Morgan fingerprint density at radius 2 is 2.05 bits per heavy atom. The molecule has 2 unspecified atom stereocenters. The van der Waals surface area contributed by atoms with Crippen molar-refractivity contribution in [1.29, 1.82) is 0 Å². The first kappa shape index (κ1) is 17.1. The summed E-state index contributed by atoms with van der Waals surface area (Å²) < 4.78 is 18.9. The molecular weight excluding hydrogens is 300 g/mol. The van der Waals surface area contributed by atoms with Gasteiger partial charge in [0.15, 0.2) is 5.82 Å². The van der Waals surface area contributed by atoms with Crippen LogP contribution in [0.4, 0.5) is 5.82 Å². The molecule has 0 amide bonds. The number of aryl methyl sites for hydroxylation is 3. The summed E-state index contributed by atoms with van der Waals surface area (Å²) in [4.78, 5) is 9.02. The molecule has 0 aliphatic heterocycles. The first-order valence-corrected chi connectivity index (χ1v) is 9.05. The minimum Gasteiger partial charge on any atom is -0.617 e. The lowest BCUT2D eigenvalue weighted by Gasteiger charge is -2.15. The SMILES string of the molecule is COC(C)c1nc2c(N)nc(C)c(C)c2n1CCC[S+](C)[O-]. The zero-order chi connectivity index (χ0) is 16.4. The van der Waals surface area contributed by atoms with Gasteiger partial charge in [0.1, 0.15) is 23.2 Å². The maximum Gasteiger partial charge on any atom is 0.151 e. The van der Waals surface area contributed by atoms with Crippen molar-refractivity contribution in [2.24, 2.45) is 0 Å². The quantitative estimate of drug-likeness (QED) is 0.822. The zero-order valence-electron chi connectivity index (χ0n) is 13.8. The van der Waals surface area contributed by atoms with Gasteiger partial charge in [-0.15, -0.1) is 0 Å². The molecule has 0 radical (unpaired) electrons. The van der Waals surface area contributed by atoms with Gasteiger partial charge >= 0.3 is 0 Å². The molecule has 2 rings (SSSR count). The molecular formula is C15H24N4O2S. The van der Waals surface area contributed by atoms with Gasteiger partial charge in [0.05, 0.1) is 11.8 Å². The number of pyridine rings is 1. The van der Waals surface area contributed by atoms with Gasteiger partial charge in [-0.05, 0) is 26.3 Å². The van der Waals surface area contributed by atoms with Crippen LogP contribution >= 0.6 is 0 Å². The van der Waals surface area contributed by atoms with Gasteiger partial charge < -0.3 is 19.6 Å². The van der Waals surface area contributed by atoms with E-state index in [4.69, 9.17) is 10.5 Å². The van der Waals surface area contributed by atoms with Crippen LogP contribution in [0, 0.1) is 13.8 Å². The van der Waals surface area contributed by atoms with E-state index in [2.05, 4.69) is 14.5 Å². The molecule has 2 aromatic heterocycles. The van der Waals surface area contributed by atoms with Gasteiger partial charge in [-0.25, -0.2) is 9.97 Å². The minimum absolute atomic E-state index is 0.140. The number of nitrogen functional groups attached to an aromatic ring is 1. The standard InChI is InChI=1S/C15H24N4O2S/c1-9-10(2)17-14(16)12-13(9)19(7-6-8-22(5)20)15(18-12)11(3)21-4/h11H,6-8H2,1-5H3,(H2,16,17). The molecule has 0 aliphatic rings. The van der Waals surface area contributed by atoms with Crippen molar-refractivity contribution in [1.82, 2.24) is 14.5 Å². The van der Waals surface area contributed by atoms with Crippen LogP contribution in [0.5, 0.6) is 0 Å². The number of imidazole rings is 1. The number of methoxy groups -OCH3 is 1. The fourth-order valence-corrected chi connectivity index (χ4v) is 3.12. The van der Waals surface area contributed by atoms with Crippen molar-refractivity contribution in [2.45, 2.75) is 39.8 Å². The molecule has 7 heteroatoms. The molecule has 122 valence electrons. The van der Waals surface area contributed by atoms with Gasteiger partial charge in [-0.3, -0.25) is 0 Å². The second-order valence-electron chi connectivity index (χ2n) is 5.54. The molecule has 0 bridgehead atoms. The van der Waals surface area contributed by atoms with E-state index in [-0.39, 0.29) is 6.10 Å². The fraction of sp³-hybridized carbons (Fsp3) is 0.600. The molecule has 2 heterocycles. The predicted molar refractivity (Wildman–Crippen MR) is 90.4 cm³/mol. The molecule has 22 heavy (non-hydrogen) atoms. The third-order valence-corrected chi connectivity index (χ3v) is 4.82. The second-order valence-corrected chi connectivity index (χ2v) is 7.09. The number of hydrogen-bond donors (Lipinski definition) is 1. The van der Waals surface area contributed by atoms with Crippen molar-refractivity contribution >= 4 is 28.0 Å². The minimum atomic E-state index is -0.796. The van der Waals surface area contributed by atoms with Crippen LogP contribution in [0.1, 0.15) is 36.5 Å². The van der Waals surface area contributed by atoms with Crippen LogP contribution in [0.3, 0.4) is 0 Å². The van der Waals surface area contributed by atoms with Crippen molar-refractivity contribution in [2.75, 3.05) is 24.9 Å². The van der Waals surface area contributed by atoms with Crippen molar-refractivity contribution in [3.63, 3.8) is 0 Å². The summed E-state index contributed by atoms with van der Waals surface area (Å²) >= 11 is -0.796. The Bertz CT molecular complexity index is 669. The highest BCUT2D eigenvalue weighted by atomic mass is 32.2. The molecule has 0 fully saturated rings.